The number of H-pyrrole nitrogens is 1. The van der Waals surface area contributed by atoms with E-state index in [0.29, 0.717) is 16.8 Å². The molecule has 0 spiro atoms. The molecule has 0 aliphatic rings. The molecule has 1 aromatic heterocycles. The van der Waals surface area contributed by atoms with Crippen molar-refractivity contribution in [2.75, 3.05) is 19.0 Å². The number of ether oxygens (including phenoxy) is 1. The predicted molar refractivity (Wildman–Crippen MR) is 94.8 cm³/mol. The van der Waals surface area contributed by atoms with Crippen molar-refractivity contribution in [3.8, 4) is 5.75 Å². The second-order valence-corrected chi connectivity index (χ2v) is 5.55. The summed E-state index contributed by atoms with van der Waals surface area (Å²) in [5.41, 5.74) is 2.58. The van der Waals surface area contributed by atoms with Gasteiger partial charge in [0.1, 0.15) is 5.75 Å². The molecule has 0 radical (unpaired) electrons. The average molecular weight is 338 g/mol. The van der Waals surface area contributed by atoms with Gasteiger partial charge in [-0.1, -0.05) is 24.3 Å². The third kappa shape index (κ3) is 3.60. The highest BCUT2D eigenvalue weighted by Crippen LogP contribution is 2.25. The Hall–Kier alpha value is -3.35. The molecule has 0 saturated carbocycles. The zero-order valence-electron chi connectivity index (χ0n) is 13.9. The Morgan fingerprint density at radius 2 is 2.00 bits per heavy atom. The Morgan fingerprint density at radius 3 is 2.80 bits per heavy atom. The molecule has 0 saturated heterocycles. The van der Waals surface area contributed by atoms with Crippen molar-refractivity contribution < 1.29 is 14.3 Å². The molecule has 0 fully saturated rings. The van der Waals surface area contributed by atoms with Gasteiger partial charge < -0.3 is 15.4 Å². The van der Waals surface area contributed by atoms with Crippen molar-refractivity contribution in [2.24, 2.45) is 0 Å². The van der Waals surface area contributed by atoms with Gasteiger partial charge in [0.05, 0.1) is 24.9 Å². The number of aromatic nitrogens is 2. The van der Waals surface area contributed by atoms with E-state index in [0.717, 1.165) is 11.1 Å². The molecule has 3 rings (SSSR count). The second kappa shape index (κ2) is 7.04. The van der Waals surface area contributed by atoms with E-state index < -0.39 is 5.91 Å². The lowest BCUT2D eigenvalue weighted by atomic mass is 10.2. The van der Waals surface area contributed by atoms with Crippen LogP contribution in [-0.4, -0.2) is 35.7 Å². The third-order valence-corrected chi connectivity index (χ3v) is 3.72. The largest absolute Gasteiger partial charge is 0.495 e. The van der Waals surface area contributed by atoms with Crippen molar-refractivity contribution in [1.82, 2.24) is 15.5 Å². The van der Waals surface area contributed by atoms with Gasteiger partial charge in [-0.25, -0.2) is 0 Å². The van der Waals surface area contributed by atoms with Crippen LogP contribution in [0.15, 0.2) is 42.5 Å². The van der Waals surface area contributed by atoms with E-state index in [9.17, 15) is 9.59 Å². The maximum absolute atomic E-state index is 12.3. The number of benzene rings is 2. The fourth-order valence-corrected chi connectivity index (χ4v) is 2.49. The number of para-hydroxylation sites is 1. The van der Waals surface area contributed by atoms with Gasteiger partial charge in [0.25, 0.3) is 5.91 Å². The van der Waals surface area contributed by atoms with Gasteiger partial charge in [0.2, 0.25) is 5.91 Å². The lowest BCUT2D eigenvalue weighted by Crippen LogP contribution is -2.33. The second-order valence-electron chi connectivity index (χ2n) is 5.55. The van der Waals surface area contributed by atoms with Gasteiger partial charge in [-0.15, -0.1) is 0 Å². The molecule has 7 heteroatoms. The SMILES string of the molecule is COc1ccc(C)cc1NC(=O)CNC(=O)c1n[nH]c2ccccc12. The summed E-state index contributed by atoms with van der Waals surface area (Å²) in [6, 6.07) is 12.8. The minimum absolute atomic E-state index is 0.170. The van der Waals surface area contributed by atoms with Gasteiger partial charge in [0.15, 0.2) is 5.69 Å². The number of fused-ring (bicyclic) bond motifs is 1. The number of aryl methyl sites for hydroxylation is 1. The van der Waals surface area contributed by atoms with Crippen molar-refractivity contribution in [3.05, 3.63) is 53.7 Å². The highest BCUT2D eigenvalue weighted by Gasteiger charge is 2.15. The lowest BCUT2D eigenvalue weighted by Gasteiger charge is -2.11. The van der Waals surface area contributed by atoms with Gasteiger partial charge in [0, 0.05) is 5.39 Å². The standard InChI is InChI=1S/C18H18N4O3/c1-11-7-8-15(25-2)14(9-11)20-16(23)10-19-18(24)17-12-5-3-4-6-13(12)21-22-17/h3-9H,10H2,1-2H3,(H,19,24)(H,20,23)(H,21,22). The van der Waals surface area contributed by atoms with Crippen LogP contribution >= 0.6 is 0 Å². The van der Waals surface area contributed by atoms with E-state index in [-0.39, 0.29) is 18.1 Å². The van der Waals surface area contributed by atoms with E-state index in [1.165, 1.54) is 7.11 Å². The maximum Gasteiger partial charge on any atom is 0.272 e. The summed E-state index contributed by atoms with van der Waals surface area (Å²) in [5, 5.41) is 12.8. The van der Waals surface area contributed by atoms with Crippen LogP contribution in [0, 0.1) is 6.92 Å². The number of anilines is 1. The molecule has 0 aliphatic heterocycles. The number of hydrogen-bond donors (Lipinski definition) is 3. The lowest BCUT2D eigenvalue weighted by molar-refractivity contribution is -0.115. The van der Waals surface area contributed by atoms with Crippen LogP contribution in [0.25, 0.3) is 10.9 Å². The van der Waals surface area contributed by atoms with Crippen LogP contribution in [0.1, 0.15) is 16.1 Å². The predicted octanol–water partition coefficient (Wildman–Crippen LogP) is 2.25. The first kappa shape index (κ1) is 16.5. The van der Waals surface area contributed by atoms with Crippen molar-refractivity contribution in [3.63, 3.8) is 0 Å². The molecule has 2 amide bonds. The number of carbonyl (C=O) groups excluding carboxylic acids is 2. The Bertz CT molecular complexity index is 933. The highest BCUT2D eigenvalue weighted by molar-refractivity contribution is 6.06. The van der Waals surface area contributed by atoms with Crippen LogP contribution in [0.4, 0.5) is 5.69 Å². The van der Waals surface area contributed by atoms with E-state index in [1.807, 2.05) is 31.2 Å². The van der Waals surface area contributed by atoms with Crippen LogP contribution in [-0.2, 0) is 4.79 Å². The quantitative estimate of drug-likeness (QED) is 0.665. The first-order chi connectivity index (χ1) is 12.1. The molecule has 7 nitrogen and oxygen atoms in total. The maximum atomic E-state index is 12.3. The van der Waals surface area contributed by atoms with Gasteiger partial charge >= 0.3 is 0 Å². The Kier molecular flexibility index (Phi) is 4.65. The number of rotatable bonds is 5. The van der Waals surface area contributed by atoms with Gasteiger partial charge in [-0.3, -0.25) is 14.7 Å². The van der Waals surface area contributed by atoms with E-state index in [4.69, 9.17) is 4.74 Å². The highest BCUT2D eigenvalue weighted by atomic mass is 16.5. The van der Waals surface area contributed by atoms with Crippen molar-refractivity contribution in [1.29, 1.82) is 0 Å². The summed E-state index contributed by atoms with van der Waals surface area (Å²) in [5.74, 6) is -0.204. The monoisotopic (exact) mass is 338 g/mol. The summed E-state index contributed by atoms with van der Waals surface area (Å²) in [6.45, 7) is 1.75. The summed E-state index contributed by atoms with van der Waals surface area (Å²) in [4.78, 5) is 24.4. The molecule has 25 heavy (non-hydrogen) atoms. The first-order valence-corrected chi connectivity index (χ1v) is 7.74. The topological polar surface area (TPSA) is 96.1 Å². The number of nitrogens with zero attached hydrogens (tertiary/aromatic N) is 1. The molecule has 0 aliphatic carbocycles. The third-order valence-electron chi connectivity index (χ3n) is 3.72. The molecule has 0 atom stereocenters. The number of methoxy groups -OCH3 is 1. The fraction of sp³-hybridized carbons (Fsp3) is 0.167. The van der Waals surface area contributed by atoms with E-state index >= 15 is 0 Å². The molecule has 3 aromatic rings. The smallest absolute Gasteiger partial charge is 0.272 e. The van der Waals surface area contributed by atoms with E-state index in [1.54, 1.807) is 18.2 Å². The number of carbonyl (C=O) groups is 2. The molecule has 0 bridgehead atoms. The number of nitrogens with one attached hydrogen (secondary N) is 3. The van der Waals surface area contributed by atoms with Crippen LogP contribution < -0.4 is 15.4 Å². The van der Waals surface area contributed by atoms with Crippen LogP contribution in [0.3, 0.4) is 0 Å². The molecular formula is C18H18N4O3. The van der Waals surface area contributed by atoms with Crippen molar-refractivity contribution in [2.45, 2.75) is 6.92 Å². The summed E-state index contributed by atoms with van der Waals surface area (Å²) >= 11 is 0. The number of amides is 2. The molecule has 128 valence electrons. The average Bonchev–Trinajstić information content (AvgIpc) is 3.04. The minimum atomic E-state index is -0.413. The number of hydrogen-bond acceptors (Lipinski definition) is 4. The normalized spacial score (nSPS) is 10.5. The Labute approximate surface area is 144 Å². The van der Waals surface area contributed by atoms with Gasteiger partial charge in [-0.05, 0) is 30.7 Å². The number of aromatic amines is 1. The summed E-state index contributed by atoms with van der Waals surface area (Å²) < 4.78 is 5.22. The molecule has 0 unspecified atom stereocenters. The summed E-state index contributed by atoms with van der Waals surface area (Å²) in [6.07, 6.45) is 0. The van der Waals surface area contributed by atoms with Crippen LogP contribution in [0.2, 0.25) is 0 Å². The Morgan fingerprint density at radius 1 is 1.20 bits per heavy atom. The minimum Gasteiger partial charge on any atom is -0.495 e. The van der Waals surface area contributed by atoms with Gasteiger partial charge in [-0.2, -0.15) is 5.10 Å². The van der Waals surface area contributed by atoms with Crippen LogP contribution in [0.5, 0.6) is 5.75 Å². The zero-order chi connectivity index (χ0) is 17.8. The fourth-order valence-electron chi connectivity index (χ4n) is 2.49. The first-order valence-electron chi connectivity index (χ1n) is 7.74. The summed E-state index contributed by atoms with van der Waals surface area (Å²) in [7, 11) is 1.53. The Balaban J connectivity index is 1.64. The molecular weight excluding hydrogens is 320 g/mol. The molecule has 1 heterocycles. The zero-order valence-corrected chi connectivity index (χ0v) is 13.9. The van der Waals surface area contributed by atoms with E-state index in [2.05, 4.69) is 20.8 Å². The molecule has 2 aromatic carbocycles. The van der Waals surface area contributed by atoms with Crippen molar-refractivity contribution >= 4 is 28.4 Å². The molecule has 3 N–H and O–H groups in total.